The molecule has 3 nitrogen and oxygen atoms in total. The zero-order chi connectivity index (χ0) is 10.3. The molecule has 0 aromatic carbocycles. The lowest BCUT2D eigenvalue weighted by atomic mass is 10.3. The normalized spacial score (nSPS) is 17.7. The number of pyridine rings is 1. The summed E-state index contributed by atoms with van der Waals surface area (Å²) in [6, 6.07) is 3.99. The third-order valence-corrected chi connectivity index (χ3v) is 3.84. The highest BCUT2D eigenvalue weighted by Gasteiger charge is 2.21. The second kappa shape index (κ2) is 3.72. The van der Waals surface area contributed by atoms with Gasteiger partial charge in [-0.3, -0.25) is 0 Å². The first kappa shape index (κ1) is 9.54. The molecule has 0 radical (unpaired) electrons. The van der Waals surface area contributed by atoms with Gasteiger partial charge in [-0.2, -0.15) is 0 Å². The van der Waals surface area contributed by atoms with Gasteiger partial charge >= 0.3 is 0 Å². The third kappa shape index (κ3) is 1.63. The highest BCUT2D eigenvalue weighted by molar-refractivity contribution is 7.19. The molecule has 0 amide bonds. The highest BCUT2D eigenvalue weighted by Crippen LogP contribution is 2.36. The van der Waals surface area contributed by atoms with Crippen LogP contribution in [0, 0.1) is 0 Å². The van der Waals surface area contributed by atoms with Gasteiger partial charge in [-0.05, 0) is 17.5 Å². The molecule has 0 atom stereocenters. The Balaban J connectivity index is 2.09. The first-order valence-corrected chi connectivity index (χ1v) is 5.81. The minimum atomic E-state index is -0.224. The minimum absolute atomic E-state index is 0.224. The number of fused-ring (bicyclic) bond motifs is 1. The highest BCUT2D eigenvalue weighted by atomic mass is 35.5. The molecule has 2 aromatic heterocycles. The van der Waals surface area contributed by atoms with E-state index in [1.807, 2.05) is 12.1 Å². The molecular formula is C10H8ClNO2S. The molecule has 3 rings (SSSR count). The van der Waals surface area contributed by atoms with Crippen LogP contribution in [-0.4, -0.2) is 18.2 Å². The van der Waals surface area contributed by atoms with Gasteiger partial charge in [0.25, 0.3) is 0 Å². The minimum Gasteiger partial charge on any atom is -0.345 e. The van der Waals surface area contributed by atoms with E-state index in [1.165, 1.54) is 0 Å². The number of thiophene rings is 1. The zero-order valence-corrected chi connectivity index (χ0v) is 9.35. The van der Waals surface area contributed by atoms with Gasteiger partial charge in [-0.15, -0.1) is 11.3 Å². The van der Waals surface area contributed by atoms with E-state index in [-0.39, 0.29) is 6.29 Å². The van der Waals surface area contributed by atoms with Crippen molar-refractivity contribution >= 4 is 33.0 Å². The maximum Gasteiger partial charge on any atom is 0.193 e. The molecule has 15 heavy (non-hydrogen) atoms. The molecule has 3 heterocycles. The summed E-state index contributed by atoms with van der Waals surface area (Å²) < 4.78 is 11.9. The first-order chi connectivity index (χ1) is 7.34. The van der Waals surface area contributed by atoms with Gasteiger partial charge in [0.15, 0.2) is 6.29 Å². The second-order valence-electron chi connectivity index (χ2n) is 3.24. The van der Waals surface area contributed by atoms with Crippen molar-refractivity contribution in [2.45, 2.75) is 6.29 Å². The lowest BCUT2D eigenvalue weighted by Gasteiger charge is -2.03. The molecule has 0 unspecified atom stereocenters. The predicted molar refractivity (Wildman–Crippen MR) is 59.3 cm³/mol. The number of aromatic nitrogens is 1. The molecule has 0 saturated carbocycles. The molecular weight excluding hydrogens is 234 g/mol. The summed E-state index contributed by atoms with van der Waals surface area (Å²) in [5, 5.41) is 1.64. The van der Waals surface area contributed by atoms with E-state index in [0.717, 1.165) is 15.0 Å². The van der Waals surface area contributed by atoms with Crippen molar-refractivity contribution in [2.24, 2.45) is 0 Å². The number of halogens is 1. The van der Waals surface area contributed by atoms with Crippen LogP contribution in [0.5, 0.6) is 0 Å². The van der Waals surface area contributed by atoms with Crippen molar-refractivity contribution in [2.75, 3.05) is 13.2 Å². The summed E-state index contributed by atoms with van der Waals surface area (Å²) in [7, 11) is 0. The first-order valence-electron chi connectivity index (χ1n) is 4.62. The monoisotopic (exact) mass is 241 g/mol. The standard InChI is InChI=1S/C10H8ClNO2S/c11-9-8-6(1-2-12-9)5-7(15-8)10-13-3-4-14-10/h1-2,5,10H,3-4H2. The van der Waals surface area contributed by atoms with Crippen molar-refractivity contribution in [1.29, 1.82) is 0 Å². The van der Waals surface area contributed by atoms with Crippen molar-refractivity contribution < 1.29 is 9.47 Å². The van der Waals surface area contributed by atoms with Crippen LogP contribution < -0.4 is 0 Å². The molecule has 78 valence electrons. The predicted octanol–water partition coefficient (Wildman–Crippen LogP) is 3.00. The SMILES string of the molecule is Clc1nccc2cc(C3OCCO3)sc12. The molecule has 2 aromatic rings. The summed E-state index contributed by atoms with van der Waals surface area (Å²) >= 11 is 7.57. The second-order valence-corrected chi connectivity index (χ2v) is 4.68. The van der Waals surface area contributed by atoms with E-state index in [0.29, 0.717) is 18.4 Å². The summed E-state index contributed by atoms with van der Waals surface area (Å²) in [6.07, 6.45) is 1.48. The molecule has 1 aliphatic rings. The van der Waals surface area contributed by atoms with Crippen molar-refractivity contribution in [3.05, 3.63) is 28.4 Å². The smallest absolute Gasteiger partial charge is 0.193 e. The fourth-order valence-corrected chi connectivity index (χ4v) is 2.91. The Bertz CT molecular complexity index is 493. The van der Waals surface area contributed by atoms with E-state index >= 15 is 0 Å². The van der Waals surface area contributed by atoms with Gasteiger partial charge in [0.2, 0.25) is 0 Å². The Morgan fingerprint density at radius 3 is 2.93 bits per heavy atom. The van der Waals surface area contributed by atoms with Gasteiger partial charge < -0.3 is 9.47 Å². The number of ether oxygens (including phenoxy) is 2. The number of nitrogens with zero attached hydrogens (tertiary/aromatic N) is 1. The van der Waals surface area contributed by atoms with Crippen molar-refractivity contribution in [3.63, 3.8) is 0 Å². The fraction of sp³-hybridized carbons (Fsp3) is 0.300. The maximum absolute atomic E-state index is 5.99. The molecule has 5 heteroatoms. The van der Waals surface area contributed by atoms with E-state index < -0.39 is 0 Å². The lowest BCUT2D eigenvalue weighted by Crippen LogP contribution is -1.93. The largest absolute Gasteiger partial charge is 0.345 e. The van der Waals surface area contributed by atoms with Crippen LogP contribution in [0.1, 0.15) is 11.2 Å². The molecule has 1 saturated heterocycles. The Labute approximate surface area is 95.6 Å². The third-order valence-electron chi connectivity index (χ3n) is 2.26. The van der Waals surface area contributed by atoms with E-state index in [4.69, 9.17) is 21.1 Å². The van der Waals surface area contributed by atoms with Gasteiger partial charge in [0, 0.05) is 6.20 Å². The van der Waals surface area contributed by atoms with E-state index in [2.05, 4.69) is 4.98 Å². The van der Waals surface area contributed by atoms with Gasteiger partial charge in [-0.1, -0.05) is 11.6 Å². The summed E-state index contributed by atoms with van der Waals surface area (Å²) in [5.74, 6) is 0. The number of rotatable bonds is 1. The molecule has 0 bridgehead atoms. The average molecular weight is 242 g/mol. The van der Waals surface area contributed by atoms with Crippen LogP contribution in [0.15, 0.2) is 18.3 Å². The van der Waals surface area contributed by atoms with Gasteiger partial charge in [0.1, 0.15) is 5.15 Å². The Kier molecular flexibility index (Phi) is 2.36. The molecule has 0 spiro atoms. The molecule has 0 N–H and O–H groups in total. The van der Waals surface area contributed by atoms with E-state index in [1.54, 1.807) is 17.5 Å². The fourth-order valence-electron chi connectivity index (χ4n) is 1.59. The molecule has 1 fully saturated rings. The van der Waals surface area contributed by atoms with Gasteiger partial charge in [0.05, 0.1) is 22.8 Å². The lowest BCUT2D eigenvalue weighted by molar-refractivity contribution is -0.0412. The van der Waals surface area contributed by atoms with Crippen LogP contribution in [0.2, 0.25) is 5.15 Å². The Morgan fingerprint density at radius 1 is 1.40 bits per heavy atom. The van der Waals surface area contributed by atoms with Crippen molar-refractivity contribution in [3.8, 4) is 0 Å². The van der Waals surface area contributed by atoms with Crippen LogP contribution in [0.25, 0.3) is 10.1 Å². The molecule has 1 aliphatic heterocycles. The summed E-state index contributed by atoms with van der Waals surface area (Å²) in [6.45, 7) is 1.32. The number of hydrogen-bond donors (Lipinski definition) is 0. The topological polar surface area (TPSA) is 31.4 Å². The maximum atomic E-state index is 5.99. The molecule has 0 aliphatic carbocycles. The average Bonchev–Trinajstić information content (AvgIpc) is 2.86. The van der Waals surface area contributed by atoms with Crippen LogP contribution >= 0.6 is 22.9 Å². The zero-order valence-electron chi connectivity index (χ0n) is 7.77. The van der Waals surface area contributed by atoms with Crippen LogP contribution in [0.3, 0.4) is 0 Å². The van der Waals surface area contributed by atoms with Crippen LogP contribution in [-0.2, 0) is 9.47 Å². The quantitative estimate of drug-likeness (QED) is 0.720. The van der Waals surface area contributed by atoms with Crippen LogP contribution in [0.4, 0.5) is 0 Å². The summed E-state index contributed by atoms with van der Waals surface area (Å²) in [4.78, 5) is 5.09. The van der Waals surface area contributed by atoms with Gasteiger partial charge in [-0.25, -0.2) is 4.98 Å². The Morgan fingerprint density at radius 2 is 2.20 bits per heavy atom. The summed E-state index contributed by atoms with van der Waals surface area (Å²) in [5.41, 5.74) is 0. The van der Waals surface area contributed by atoms with Crippen molar-refractivity contribution in [1.82, 2.24) is 4.98 Å². The Hall–Kier alpha value is -0.680. The number of hydrogen-bond acceptors (Lipinski definition) is 4. The van der Waals surface area contributed by atoms with E-state index in [9.17, 15) is 0 Å².